The number of rotatable bonds is 7. The monoisotopic (exact) mass is 397 g/mol. The summed E-state index contributed by atoms with van der Waals surface area (Å²) in [6.07, 6.45) is 1.21. The molecule has 0 unspecified atom stereocenters. The molecule has 1 aromatic carbocycles. The Hall–Kier alpha value is -1.74. The van der Waals surface area contributed by atoms with Gasteiger partial charge in [-0.1, -0.05) is 30.7 Å². The first-order valence-electron chi connectivity index (χ1n) is 7.63. The van der Waals surface area contributed by atoms with Crippen molar-refractivity contribution in [2.24, 2.45) is 0 Å². The normalized spacial score (nSPS) is 11.8. The Morgan fingerprint density at radius 1 is 1.24 bits per heavy atom. The van der Waals surface area contributed by atoms with Gasteiger partial charge in [0.15, 0.2) is 0 Å². The fourth-order valence-electron chi connectivity index (χ4n) is 2.13. The van der Waals surface area contributed by atoms with E-state index in [9.17, 15) is 8.42 Å². The highest BCUT2D eigenvalue weighted by Gasteiger charge is 2.19. The van der Waals surface area contributed by atoms with Crippen LogP contribution < -0.4 is 4.72 Å². The molecule has 0 bridgehead atoms. The van der Waals surface area contributed by atoms with Crippen LogP contribution in [0.25, 0.3) is 11.5 Å². The number of sulfonamides is 1. The van der Waals surface area contributed by atoms with Gasteiger partial charge < -0.3 is 4.42 Å². The van der Waals surface area contributed by atoms with Gasteiger partial charge in [-0.05, 0) is 30.2 Å². The fraction of sp³-hybridized carbons (Fsp3) is 0.250. The van der Waals surface area contributed by atoms with Gasteiger partial charge in [0.2, 0.25) is 21.8 Å². The van der Waals surface area contributed by atoms with Gasteiger partial charge in [0.05, 0.1) is 5.56 Å². The van der Waals surface area contributed by atoms with Gasteiger partial charge in [0.1, 0.15) is 4.21 Å². The molecule has 0 radical (unpaired) electrons. The second kappa shape index (κ2) is 7.65. The van der Waals surface area contributed by atoms with Crippen LogP contribution in [-0.2, 0) is 22.9 Å². The maximum absolute atomic E-state index is 12.4. The van der Waals surface area contributed by atoms with Gasteiger partial charge in [0.25, 0.3) is 0 Å². The smallest absolute Gasteiger partial charge is 0.250 e. The Balaban J connectivity index is 1.65. The van der Waals surface area contributed by atoms with E-state index in [1.807, 2.05) is 19.1 Å². The molecule has 2 heterocycles. The summed E-state index contributed by atoms with van der Waals surface area (Å²) in [6, 6.07) is 8.86. The number of hydrogen-bond acceptors (Lipinski definition) is 6. The number of aromatic nitrogens is 2. The summed E-state index contributed by atoms with van der Waals surface area (Å²) < 4.78 is 33.1. The van der Waals surface area contributed by atoms with Crippen LogP contribution in [0.4, 0.5) is 0 Å². The molecule has 0 fully saturated rings. The van der Waals surface area contributed by atoms with Gasteiger partial charge in [-0.2, -0.15) is 0 Å². The molecular weight excluding hydrogens is 382 g/mol. The zero-order valence-corrected chi connectivity index (χ0v) is 15.8. The number of hydrogen-bond donors (Lipinski definition) is 1. The van der Waals surface area contributed by atoms with Crippen LogP contribution in [0.5, 0.6) is 0 Å². The van der Waals surface area contributed by atoms with E-state index in [0.717, 1.165) is 16.9 Å². The van der Waals surface area contributed by atoms with E-state index in [-0.39, 0.29) is 4.21 Å². The average molecular weight is 398 g/mol. The van der Waals surface area contributed by atoms with Gasteiger partial charge in [0, 0.05) is 23.4 Å². The minimum atomic E-state index is -3.57. The molecule has 0 aliphatic carbocycles. The lowest BCUT2D eigenvalue weighted by molar-refractivity contribution is 0.513. The van der Waals surface area contributed by atoms with Crippen LogP contribution in [0, 0.1) is 0 Å². The molecule has 132 valence electrons. The first-order chi connectivity index (χ1) is 12.0. The second-order valence-electron chi connectivity index (χ2n) is 5.28. The van der Waals surface area contributed by atoms with Crippen LogP contribution in [0.15, 0.2) is 44.3 Å². The van der Waals surface area contributed by atoms with E-state index < -0.39 is 10.0 Å². The summed E-state index contributed by atoms with van der Waals surface area (Å²) in [6.45, 7) is 2.21. The third kappa shape index (κ3) is 4.46. The van der Waals surface area contributed by atoms with Gasteiger partial charge >= 0.3 is 0 Å². The topological polar surface area (TPSA) is 85.1 Å². The van der Waals surface area contributed by atoms with Gasteiger partial charge in [-0.15, -0.1) is 21.5 Å². The highest BCUT2D eigenvalue weighted by atomic mass is 35.5. The second-order valence-corrected chi connectivity index (χ2v) is 8.62. The molecule has 0 aliphatic heterocycles. The van der Waals surface area contributed by atoms with Crippen molar-refractivity contribution in [3.05, 3.63) is 52.2 Å². The molecule has 1 N–H and O–H groups in total. The first kappa shape index (κ1) is 18.1. The molecular formula is C16H16ClN3O3S2. The number of aryl methyl sites for hydroxylation is 1. The average Bonchev–Trinajstić information content (AvgIpc) is 3.25. The van der Waals surface area contributed by atoms with Crippen molar-refractivity contribution in [2.45, 2.75) is 24.0 Å². The van der Waals surface area contributed by atoms with E-state index in [1.54, 1.807) is 23.6 Å². The summed E-state index contributed by atoms with van der Waals surface area (Å²) in [5, 5.41) is 10.2. The molecule has 0 spiro atoms. The van der Waals surface area contributed by atoms with Crippen LogP contribution >= 0.6 is 22.9 Å². The minimum Gasteiger partial charge on any atom is -0.421 e. The van der Waals surface area contributed by atoms with Crippen molar-refractivity contribution < 1.29 is 12.8 Å². The van der Waals surface area contributed by atoms with E-state index in [4.69, 9.17) is 16.0 Å². The van der Waals surface area contributed by atoms with E-state index in [1.165, 1.54) is 0 Å². The molecule has 3 rings (SSSR count). The van der Waals surface area contributed by atoms with Crippen molar-refractivity contribution >= 4 is 33.0 Å². The lowest BCUT2D eigenvalue weighted by Crippen LogP contribution is -2.25. The Kier molecular flexibility index (Phi) is 5.53. The first-order valence-corrected chi connectivity index (χ1v) is 10.4. The number of benzene rings is 1. The van der Waals surface area contributed by atoms with E-state index in [2.05, 4.69) is 14.9 Å². The Labute approximate surface area is 154 Å². The number of thiophene rings is 1. The van der Waals surface area contributed by atoms with Crippen LogP contribution in [0.1, 0.15) is 18.4 Å². The van der Waals surface area contributed by atoms with E-state index >= 15 is 0 Å². The molecule has 0 atom stereocenters. The predicted octanol–water partition coefficient (Wildman–Crippen LogP) is 3.53. The summed E-state index contributed by atoms with van der Waals surface area (Å²) >= 11 is 6.96. The molecule has 0 amide bonds. The molecule has 2 aromatic heterocycles. The van der Waals surface area contributed by atoms with Gasteiger partial charge in [-0.3, -0.25) is 0 Å². The third-order valence-electron chi connectivity index (χ3n) is 3.48. The zero-order valence-electron chi connectivity index (χ0n) is 13.4. The summed E-state index contributed by atoms with van der Waals surface area (Å²) in [7, 11) is -3.57. The number of nitrogens with one attached hydrogen (secondary N) is 1. The Morgan fingerprint density at radius 2 is 2.00 bits per heavy atom. The summed E-state index contributed by atoms with van der Waals surface area (Å²) in [5.74, 6) is 0.849. The van der Waals surface area contributed by atoms with Crippen molar-refractivity contribution in [2.75, 3.05) is 6.54 Å². The van der Waals surface area contributed by atoms with Crippen molar-refractivity contribution in [1.29, 1.82) is 0 Å². The van der Waals surface area contributed by atoms with Gasteiger partial charge in [-0.25, -0.2) is 13.1 Å². The molecule has 6 nitrogen and oxygen atoms in total. The van der Waals surface area contributed by atoms with E-state index in [0.29, 0.717) is 41.8 Å². The van der Waals surface area contributed by atoms with Crippen molar-refractivity contribution in [1.82, 2.24) is 14.9 Å². The SMILES string of the molecule is CCc1nnc(-c2csc(S(=O)(=O)NCCc3ccc(Cl)cc3)c2)o1. The van der Waals surface area contributed by atoms with Crippen LogP contribution in [0.3, 0.4) is 0 Å². The lowest BCUT2D eigenvalue weighted by atomic mass is 10.2. The Bertz CT molecular complexity index is 949. The molecule has 0 saturated carbocycles. The lowest BCUT2D eigenvalue weighted by Gasteiger charge is -2.05. The highest BCUT2D eigenvalue weighted by molar-refractivity contribution is 7.91. The number of nitrogens with zero attached hydrogens (tertiary/aromatic N) is 2. The summed E-state index contributed by atoms with van der Waals surface area (Å²) in [5.41, 5.74) is 1.62. The minimum absolute atomic E-state index is 0.217. The summed E-state index contributed by atoms with van der Waals surface area (Å²) in [4.78, 5) is 0. The molecule has 3 aromatic rings. The third-order valence-corrected chi connectivity index (χ3v) is 6.63. The molecule has 0 aliphatic rings. The maximum Gasteiger partial charge on any atom is 0.250 e. The Morgan fingerprint density at radius 3 is 2.68 bits per heavy atom. The fourth-order valence-corrected chi connectivity index (χ4v) is 4.49. The molecule has 25 heavy (non-hydrogen) atoms. The van der Waals surface area contributed by atoms with Crippen molar-refractivity contribution in [3.8, 4) is 11.5 Å². The number of halogens is 1. The van der Waals surface area contributed by atoms with Crippen LogP contribution in [0.2, 0.25) is 5.02 Å². The molecule has 9 heteroatoms. The molecule has 0 saturated heterocycles. The largest absolute Gasteiger partial charge is 0.421 e. The maximum atomic E-state index is 12.4. The standard InChI is InChI=1S/C16H16ClN3O3S2/c1-2-14-19-20-16(23-14)12-9-15(24-10-12)25(21,22)18-8-7-11-3-5-13(17)6-4-11/h3-6,9-10,18H,2,7-8H2,1H3. The zero-order chi connectivity index (χ0) is 17.9. The van der Waals surface area contributed by atoms with Crippen molar-refractivity contribution in [3.63, 3.8) is 0 Å². The highest BCUT2D eigenvalue weighted by Crippen LogP contribution is 2.27. The predicted molar refractivity (Wildman–Crippen MR) is 97.3 cm³/mol. The quantitative estimate of drug-likeness (QED) is 0.659. The van der Waals surface area contributed by atoms with Crippen LogP contribution in [-0.4, -0.2) is 25.2 Å².